The molecule has 0 bridgehead atoms. The summed E-state index contributed by atoms with van der Waals surface area (Å²) in [6.07, 6.45) is 17.1. The van der Waals surface area contributed by atoms with Crippen LogP contribution in [0.5, 0.6) is 0 Å². The van der Waals surface area contributed by atoms with Gasteiger partial charge in [-0.05, 0) is 103 Å². The second kappa shape index (κ2) is 15.4. The normalized spacial score (nSPS) is 11.9. The summed E-state index contributed by atoms with van der Waals surface area (Å²) in [5.74, 6) is 0. The molecule has 1 N–H and O–H groups in total. The Bertz CT molecular complexity index is 1150. The van der Waals surface area contributed by atoms with Crippen LogP contribution in [0.2, 0.25) is 5.02 Å². The van der Waals surface area contributed by atoms with Crippen molar-refractivity contribution in [3.05, 3.63) is 76.3 Å². The third-order valence-corrected chi connectivity index (χ3v) is 8.66. The summed E-state index contributed by atoms with van der Waals surface area (Å²) < 4.78 is 0. The van der Waals surface area contributed by atoms with E-state index in [0.717, 1.165) is 28.4 Å². The summed E-state index contributed by atoms with van der Waals surface area (Å²) >= 11 is 6.40. The summed E-state index contributed by atoms with van der Waals surface area (Å²) in [4.78, 5) is 2.63. The van der Waals surface area contributed by atoms with Crippen LogP contribution >= 0.6 is 11.6 Å². The predicted molar refractivity (Wildman–Crippen MR) is 173 cm³/mol. The van der Waals surface area contributed by atoms with Gasteiger partial charge in [-0.25, -0.2) is 0 Å². The van der Waals surface area contributed by atoms with Crippen LogP contribution in [0.1, 0.15) is 108 Å². The van der Waals surface area contributed by atoms with Crippen molar-refractivity contribution in [1.82, 2.24) is 0 Å². The van der Waals surface area contributed by atoms with Gasteiger partial charge in [0.2, 0.25) is 0 Å². The summed E-state index contributed by atoms with van der Waals surface area (Å²) in [5.41, 5.74) is 10.1. The van der Waals surface area contributed by atoms with Crippen LogP contribution in [0.3, 0.4) is 0 Å². The lowest BCUT2D eigenvalue weighted by Crippen LogP contribution is -2.25. The van der Waals surface area contributed by atoms with Crippen molar-refractivity contribution >= 4 is 28.7 Å². The number of rotatable bonds is 17. The number of fused-ring (bicyclic) bond motifs is 3. The van der Waals surface area contributed by atoms with Gasteiger partial charge in [-0.15, -0.1) is 0 Å². The van der Waals surface area contributed by atoms with Gasteiger partial charge in [0.1, 0.15) is 0 Å². The van der Waals surface area contributed by atoms with Crippen LogP contribution in [0.4, 0.5) is 17.1 Å². The standard InChI is InChI=1S/C36H49ClN2/c1-4-6-8-10-12-14-22-39(23-15-13-11-9-7-5-2)33-20-18-31(19-21-33)38-32-17-16-29-25-30-26-36(37)28(3)24-34(30)35(29)27-32/h16-21,24,26-27,38H,4-15,22-23,25H2,1-3H3. The fourth-order valence-corrected chi connectivity index (χ4v) is 6.03. The Balaban J connectivity index is 1.37. The van der Waals surface area contributed by atoms with Crippen molar-refractivity contribution in [2.24, 2.45) is 0 Å². The topological polar surface area (TPSA) is 15.3 Å². The first-order valence-corrected chi connectivity index (χ1v) is 16.0. The molecule has 0 saturated carbocycles. The molecule has 0 aromatic heterocycles. The number of anilines is 3. The zero-order chi connectivity index (χ0) is 27.5. The lowest BCUT2D eigenvalue weighted by atomic mass is 10.0. The van der Waals surface area contributed by atoms with E-state index in [1.54, 1.807) is 0 Å². The smallest absolute Gasteiger partial charge is 0.0438 e. The first kappa shape index (κ1) is 29.5. The molecule has 3 aromatic rings. The van der Waals surface area contributed by atoms with Crippen molar-refractivity contribution in [3.8, 4) is 11.1 Å². The fraction of sp³-hybridized carbons (Fsp3) is 0.500. The number of unbranched alkanes of at least 4 members (excludes halogenated alkanes) is 10. The van der Waals surface area contributed by atoms with Crippen LogP contribution in [0.15, 0.2) is 54.6 Å². The Morgan fingerprint density at radius 1 is 0.641 bits per heavy atom. The van der Waals surface area contributed by atoms with E-state index in [0.29, 0.717) is 0 Å². The molecule has 3 aromatic carbocycles. The summed E-state index contributed by atoms with van der Waals surface area (Å²) in [5, 5.41) is 4.52. The van der Waals surface area contributed by atoms with Crippen molar-refractivity contribution in [2.75, 3.05) is 23.3 Å². The minimum absolute atomic E-state index is 0.863. The lowest BCUT2D eigenvalue weighted by molar-refractivity contribution is 0.575. The number of nitrogens with zero attached hydrogens (tertiary/aromatic N) is 1. The average Bonchev–Trinajstić information content (AvgIpc) is 3.28. The van der Waals surface area contributed by atoms with Crippen LogP contribution < -0.4 is 10.2 Å². The molecule has 0 atom stereocenters. The molecule has 1 aliphatic rings. The highest BCUT2D eigenvalue weighted by atomic mass is 35.5. The number of hydrogen-bond donors (Lipinski definition) is 1. The van der Waals surface area contributed by atoms with E-state index in [2.05, 4.69) is 85.6 Å². The van der Waals surface area contributed by atoms with Crippen molar-refractivity contribution in [3.63, 3.8) is 0 Å². The Morgan fingerprint density at radius 2 is 1.21 bits per heavy atom. The third-order valence-electron chi connectivity index (χ3n) is 8.25. The molecule has 0 heterocycles. The van der Waals surface area contributed by atoms with Gasteiger partial charge < -0.3 is 10.2 Å². The third kappa shape index (κ3) is 8.52. The molecule has 0 aliphatic heterocycles. The van der Waals surface area contributed by atoms with Gasteiger partial charge in [0.05, 0.1) is 0 Å². The van der Waals surface area contributed by atoms with E-state index < -0.39 is 0 Å². The SMILES string of the molecule is CCCCCCCCN(CCCCCCCC)c1ccc(Nc2ccc3c(c2)-c2cc(C)c(Cl)cc2C3)cc1. The molecular weight excluding hydrogens is 496 g/mol. The van der Waals surface area contributed by atoms with Gasteiger partial charge in [0.15, 0.2) is 0 Å². The quantitative estimate of drug-likeness (QED) is 0.133. The molecule has 0 fully saturated rings. The first-order chi connectivity index (χ1) is 19.1. The Morgan fingerprint density at radius 3 is 1.85 bits per heavy atom. The number of nitrogens with one attached hydrogen (secondary N) is 1. The maximum atomic E-state index is 6.40. The monoisotopic (exact) mass is 544 g/mol. The van der Waals surface area contributed by atoms with Gasteiger partial charge in [0.25, 0.3) is 0 Å². The highest BCUT2D eigenvalue weighted by Gasteiger charge is 2.20. The lowest BCUT2D eigenvalue weighted by Gasteiger charge is -2.25. The molecule has 0 saturated heterocycles. The molecule has 0 unspecified atom stereocenters. The van der Waals surface area contributed by atoms with Crippen molar-refractivity contribution in [1.29, 1.82) is 0 Å². The summed E-state index contributed by atoms with van der Waals surface area (Å²) in [6, 6.07) is 20.3. The van der Waals surface area contributed by atoms with Crippen LogP contribution in [-0.2, 0) is 6.42 Å². The molecule has 210 valence electrons. The number of halogens is 1. The van der Waals surface area contributed by atoms with E-state index >= 15 is 0 Å². The highest BCUT2D eigenvalue weighted by molar-refractivity contribution is 6.31. The van der Waals surface area contributed by atoms with Crippen molar-refractivity contribution < 1.29 is 0 Å². The Hall–Kier alpha value is -2.45. The zero-order valence-electron chi connectivity index (χ0n) is 24.6. The maximum Gasteiger partial charge on any atom is 0.0438 e. The molecule has 39 heavy (non-hydrogen) atoms. The Kier molecular flexibility index (Phi) is 11.6. The van der Waals surface area contributed by atoms with Gasteiger partial charge >= 0.3 is 0 Å². The molecular formula is C36H49ClN2. The van der Waals surface area contributed by atoms with E-state index in [1.807, 2.05) is 0 Å². The van der Waals surface area contributed by atoms with E-state index in [-0.39, 0.29) is 0 Å². The minimum Gasteiger partial charge on any atom is -0.372 e. The van der Waals surface area contributed by atoms with E-state index in [9.17, 15) is 0 Å². The van der Waals surface area contributed by atoms with Crippen LogP contribution in [-0.4, -0.2) is 13.1 Å². The number of hydrogen-bond acceptors (Lipinski definition) is 2. The summed E-state index contributed by atoms with van der Waals surface area (Å²) in [7, 11) is 0. The first-order valence-electron chi connectivity index (χ1n) is 15.6. The zero-order valence-corrected chi connectivity index (χ0v) is 25.4. The average molecular weight is 545 g/mol. The minimum atomic E-state index is 0.863. The van der Waals surface area contributed by atoms with Gasteiger partial charge in [-0.3, -0.25) is 0 Å². The van der Waals surface area contributed by atoms with E-state index in [4.69, 9.17) is 11.6 Å². The van der Waals surface area contributed by atoms with E-state index in [1.165, 1.54) is 118 Å². The second-order valence-corrected chi connectivity index (χ2v) is 11.9. The second-order valence-electron chi connectivity index (χ2n) is 11.5. The molecule has 0 amide bonds. The Labute approximate surface area is 243 Å². The van der Waals surface area contributed by atoms with Crippen LogP contribution in [0.25, 0.3) is 11.1 Å². The maximum absolute atomic E-state index is 6.40. The van der Waals surface area contributed by atoms with Crippen LogP contribution in [0, 0.1) is 6.92 Å². The van der Waals surface area contributed by atoms with Gasteiger partial charge in [-0.1, -0.05) is 95.7 Å². The fourth-order valence-electron chi connectivity index (χ4n) is 5.84. The van der Waals surface area contributed by atoms with Crippen molar-refractivity contribution in [2.45, 2.75) is 104 Å². The molecule has 0 radical (unpaired) electrons. The van der Waals surface area contributed by atoms with Gasteiger partial charge in [-0.2, -0.15) is 0 Å². The molecule has 4 rings (SSSR count). The largest absolute Gasteiger partial charge is 0.372 e. The predicted octanol–water partition coefficient (Wildman–Crippen LogP) is 11.5. The molecule has 0 spiro atoms. The summed E-state index contributed by atoms with van der Waals surface area (Å²) in [6.45, 7) is 9.01. The van der Waals surface area contributed by atoms with Gasteiger partial charge in [0, 0.05) is 35.2 Å². The molecule has 1 aliphatic carbocycles. The number of aryl methyl sites for hydroxylation is 1. The molecule has 3 heteroatoms. The number of benzene rings is 3. The molecule has 2 nitrogen and oxygen atoms in total. The highest BCUT2D eigenvalue weighted by Crippen LogP contribution is 2.40.